The minimum atomic E-state index is 0.644. The number of fused-ring (bicyclic) bond motifs is 1. The number of nitrogens with two attached hydrogens (primary N) is 1. The summed E-state index contributed by atoms with van der Waals surface area (Å²) in [4.78, 5) is 6.59. The second-order valence-electron chi connectivity index (χ2n) is 3.86. The molecule has 0 amide bonds. The molecule has 0 fully saturated rings. The molecule has 0 aliphatic rings. The van der Waals surface area contributed by atoms with Crippen molar-refractivity contribution in [3.05, 3.63) is 35.5 Å². The van der Waals surface area contributed by atoms with Gasteiger partial charge < -0.3 is 10.6 Å². The Morgan fingerprint density at radius 2 is 2.18 bits per heavy atom. The van der Waals surface area contributed by atoms with E-state index in [-0.39, 0.29) is 0 Å². The highest BCUT2D eigenvalue weighted by Gasteiger charge is 2.08. The minimum absolute atomic E-state index is 0.644. The molecule has 0 saturated heterocycles. The maximum absolute atomic E-state index is 5.97. The third-order valence-electron chi connectivity index (χ3n) is 2.80. The van der Waals surface area contributed by atoms with Crippen LogP contribution in [0.4, 0.5) is 5.69 Å². The maximum Gasteiger partial charge on any atom is 0.0737 e. The molecule has 0 radical (unpaired) electrons. The molecule has 90 valence electrons. The van der Waals surface area contributed by atoms with Crippen LogP contribution < -0.4 is 10.6 Å². The Morgan fingerprint density at radius 3 is 2.88 bits per heavy atom. The largest absolute Gasteiger partial charge is 0.370 e. The number of pyridine rings is 1. The third-order valence-corrected chi connectivity index (χ3v) is 3.04. The molecular weight excluding hydrogens is 234 g/mol. The quantitative estimate of drug-likeness (QED) is 0.906. The Kier molecular flexibility index (Phi) is 3.82. The highest BCUT2D eigenvalue weighted by molar-refractivity contribution is 6.31. The van der Waals surface area contributed by atoms with Crippen LogP contribution in [-0.2, 0) is 0 Å². The predicted octanol–water partition coefficient (Wildman–Crippen LogP) is 2.67. The first-order valence-electron chi connectivity index (χ1n) is 5.75. The van der Waals surface area contributed by atoms with Gasteiger partial charge in [-0.05, 0) is 31.2 Å². The second kappa shape index (κ2) is 5.34. The van der Waals surface area contributed by atoms with E-state index in [1.165, 1.54) is 5.69 Å². The van der Waals surface area contributed by atoms with Crippen LogP contribution in [0.15, 0.2) is 30.5 Å². The van der Waals surface area contributed by atoms with E-state index in [2.05, 4.69) is 16.8 Å². The Hall–Kier alpha value is -1.32. The van der Waals surface area contributed by atoms with Crippen molar-refractivity contribution in [2.24, 2.45) is 5.73 Å². The van der Waals surface area contributed by atoms with Crippen LogP contribution in [0.1, 0.15) is 6.92 Å². The predicted molar refractivity (Wildman–Crippen MR) is 73.7 cm³/mol. The summed E-state index contributed by atoms with van der Waals surface area (Å²) in [5.74, 6) is 0. The fourth-order valence-electron chi connectivity index (χ4n) is 1.99. The SMILES string of the molecule is CCN(CCN)c1ccnc2cc(Cl)ccc12. The Morgan fingerprint density at radius 1 is 1.35 bits per heavy atom. The molecule has 0 atom stereocenters. The monoisotopic (exact) mass is 249 g/mol. The molecule has 2 N–H and O–H groups in total. The molecule has 4 heteroatoms. The van der Waals surface area contributed by atoms with Crippen molar-refractivity contribution in [3.8, 4) is 0 Å². The van der Waals surface area contributed by atoms with E-state index >= 15 is 0 Å². The van der Waals surface area contributed by atoms with Crippen molar-refractivity contribution in [1.29, 1.82) is 0 Å². The van der Waals surface area contributed by atoms with Crippen molar-refractivity contribution in [3.63, 3.8) is 0 Å². The van der Waals surface area contributed by atoms with Gasteiger partial charge in [0.15, 0.2) is 0 Å². The summed E-state index contributed by atoms with van der Waals surface area (Å²) in [6.07, 6.45) is 1.81. The smallest absolute Gasteiger partial charge is 0.0737 e. The lowest BCUT2D eigenvalue weighted by molar-refractivity contribution is 0.819. The van der Waals surface area contributed by atoms with E-state index in [0.29, 0.717) is 11.6 Å². The normalized spacial score (nSPS) is 10.8. The average molecular weight is 250 g/mol. The summed E-state index contributed by atoms with van der Waals surface area (Å²) in [5.41, 5.74) is 7.72. The molecule has 0 unspecified atom stereocenters. The molecule has 0 aliphatic heterocycles. The number of hydrogen-bond donors (Lipinski definition) is 1. The van der Waals surface area contributed by atoms with Crippen LogP contribution in [0.5, 0.6) is 0 Å². The van der Waals surface area contributed by atoms with Gasteiger partial charge in [0.25, 0.3) is 0 Å². The van der Waals surface area contributed by atoms with Gasteiger partial charge in [-0.2, -0.15) is 0 Å². The first kappa shape index (κ1) is 12.1. The van der Waals surface area contributed by atoms with Gasteiger partial charge in [-0.1, -0.05) is 11.6 Å². The van der Waals surface area contributed by atoms with Crippen LogP contribution in [0, 0.1) is 0 Å². The Labute approximate surface area is 106 Å². The Balaban J connectivity index is 2.53. The van der Waals surface area contributed by atoms with Crippen LogP contribution >= 0.6 is 11.6 Å². The van der Waals surface area contributed by atoms with Crippen molar-refractivity contribution < 1.29 is 0 Å². The van der Waals surface area contributed by atoms with E-state index in [1.807, 2.05) is 30.5 Å². The zero-order valence-electron chi connectivity index (χ0n) is 9.86. The molecule has 1 heterocycles. The van der Waals surface area contributed by atoms with Gasteiger partial charge in [-0.25, -0.2) is 0 Å². The number of likely N-dealkylation sites (N-methyl/N-ethyl adjacent to an activating group) is 1. The standard InChI is InChI=1S/C13H16ClN3/c1-2-17(8-6-15)13-5-7-16-12-9-10(14)3-4-11(12)13/h3-5,7,9H,2,6,8,15H2,1H3. The molecule has 1 aromatic heterocycles. The molecule has 2 rings (SSSR count). The molecule has 2 aromatic rings. The first-order valence-corrected chi connectivity index (χ1v) is 6.13. The van der Waals surface area contributed by atoms with Gasteiger partial charge in [0, 0.05) is 41.9 Å². The maximum atomic E-state index is 5.97. The minimum Gasteiger partial charge on any atom is -0.370 e. The number of aromatic nitrogens is 1. The summed E-state index contributed by atoms with van der Waals surface area (Å²) in [6.45, 7) is 4.54. The molecule has 1 aromatic carbocycles. The van der Waals surface area contributed by atoms with Gasteiger partial charge in [-0.3, -0.25) is 4.98 Å². The van der Waals surface area contributed by atoms with E-state index < -0.39 is 0 Å². The highest BCUT2D eigenvalue weighted by Crippen LogP contribution is 2.27. The summed E-state index contributed by atoms with van der Waals surface area (Å²) in [7, 11) is 0. The van der Waals surface area contributed by atoms with Gasteiger partial charge in [0.05, 0.1) is 5.52 Å². The van der Waals surface area contributed by atoms with Crippen LogP contribution in [0.25, 0.3) is 10.9 Å². The number of hydrogen-bond acceptors (Lipinski definition) is 3. The fourth-order valence-corrected chi connectivity index (χ4v) is 2.15. The molecule has 0 bridgehead atoms. The van der Waals surface area contributed by atoms with E-state index in [4.69, 9.17) is 17.3 Å². The Bertz CT molecular complexity index is 513. The van der Waals surface area contributed by atoms with Gasteiger partial charge in [0.1, 0.15) is 0 Å². The number of halogens is 1. The van der Waals surface area contributed by atoms with Crippen LogP contribution in [0.2, 0.25) is 5.02 Å². The molecule has 0 aliphatic carbocycles. The van der Waals surface area contributed by atoms with Crippen molar-refractivity contribution >= 4 is 28.2 Å². The average Bonchev–Trinajstić information content (AvgIpc) is 2.35. The molecule has 3 nitrogen and oxygen atoms in total. The van der Waals surface area contributed by atoms with E-state index in [9.17, 15) is 0 Å². The molecule has 0 spiro atoms. The van der Waals surface area contributed by atoms with E-state index in [0.717, 1.165) is 24.0 Å². The number of rotatable bonds is 4. The van der Waals surface area contributed by atoms with Crippen molar-refractivity contribution in [2.75, 3.05) is 24.5 Å². The van der Waals surface area contributed by atoms with Gasteiger partial charge in [-0.15, -0.1) is 0 Å². The topological polar surface area (TPSA) is 42.1 Å². The summed E-state index contributed by atoms with van der Waals surface area (Å²) in [6, 6.07) is 7.82. The molecular formula is C13H16ClN3. The zero-order chi connectivity index (χ0) is 12.3. The first-order chi connectivity index (χ1) is 8.26. The summed E-state index contributed by atoms with van der Waals surface area (Å²) < 4.78 is 0. The summed E-state index contributed by atoms with van der Waals surface area (Å²) >= 11 is 5.97. The lowest BCUT2D eigenvalue weighted by atomic mass is 10.1. The van der Waals surface area contributed by atoms with Gasteiger partial charge >= 0.3 is 0 Å². The fraction of sp³-hybridized carbons (Fsp3) is 0.308. The van der Waals surface area contributed by atoms with Crippen LogP contribution in [-0.4, -0.2) is 24.6 Å². The lowest BCUT2D eigenvalue weighted by Crippen LogP contribution is -2.29. The molecule has 17 heavy (non-hydrogen) atoms. The number of benzene rings is 1. The van der Waals surface area contributed by atoms with Crippen LogP contribution in [0.3, 0.4) is 0 Å². The second-order valence-corrected chi connectivity index (χ2v) is 4.30. The number of nitrogens with zero attached hydrogens (tertiary/aromatic N) is 2. The van der Waals surface area contributed by atoms with Crippen molar-refractivity contribution in [1.82, 2.24) is 4.98 Å². The number of anilines is 1. The third kappa shape index (κ3) is 2.51. The lowest BCUT2D eigenvalue weighted by Gasteiger charge is -2.23. The zero-order valence-corrected chi connectivity index (χ0v) is 10.6. The summed E-state index contributed by atoms with van der Waals surface area (Å²) in [5, 5.41) is 1.83. The van der Waals surface area contributed by atoms with Gasteiger partial charge in [0.2, 0.25) is 0 Å². The molecule has 0 saturated carbocycles. The van der Waals surface area contributed by atoms with E-state index in [1.54, 1.807) is 0 Å². The highest BCUT2D eigenvalue weighted by atomic mass is 35.5. The van der Waals surface area contributed by atoms with Crippen molar-refractivity contribution in [2.45, 2.75) is 6.92 Å².